The van der Waals surface area contributed by atoms with Crippen LogP contribution in [0, 0.1) is 5.82 Å². The summed E-state index contributed by atoms with van der Waals surface area (Å²) in [7, 11) is 0. The van der Waals surface area contributed by atoms with Crippen LogP contribution < -0.4 is 16.2 Å². The van der Waals surface area contributed by atoms with E-state index in [0.717, 1.165) is 16.3 Å². The van der Waals surface area contributed by atoms with Crippen LogP contribution in [0.15, 0.2) is 66.7 Å². The van der Waals surface area contributed by atoms with Crippen molar-refractivity contribution in [1.29, 1.82) is 0 Å². The minimum Gasteiger partial charge on any atom is -0.329 e. The topological polar surface area (TPSA) is 53.2 Å². The maximum Gasteiger partial charge on any atom is 0.242 e. The lowest BCUT2D eigenvalue weighted by Crippen LogP contribution is -2.44. The average molecular weight is 353 g/mol. The van der Waals surface area contributed by atoms with Crippen LogP contribution in [0.5, 0.6) is 0 Å². The van der Waals surface area contributed by atoms with Crippen molar-refractivity contribution in [3.8, 4) is 0 Å². The maximum absolute atomic E-state index is 13.5. The van der Waals surface area contributed by atoms with Gasteiger partial charge in [0.05, 0.1) is 12.1 Å². The van der Waals surface area contributed by atoms with Gasteiger partial charge in [-0.05, 0) is 40.7 Å². The number of para-hydroxylation sites is 1. The molecule has 0 aliphatic carbocycles. The van der Waals surface area contributed by atoms with Gasteiger partial charge in [0.2, 0.25) is 5.91 Å². The first kappa shape index (κ1) is 16.9. The molecule has 0 unspecified atom stereocenters. The Morgan fingerprint density at radius 3 is 2.48 bits per heavy atom. The number of carbonyl (C=O) groups is 1. The van der Waals surface area contributed by atoms with Gasteiger partial charge in [0.15, 0.2) is 5.11 Å². The fourth-order valence-corrected chi connectivity index (χ4v) is 2.67. The van der Waals surface area contributed by atoms with Crippen LogP contribution in [0.25, 0.3) is 10.8 Å². The third-order valence-corrected chi connectivity index (χ3v) is 3.87. The van der Waals surface area contributed by atoms with Crippen molar-refractivity contribution in [3.63, 3.8) is 0 Å². The zero-order valence-electron chi connectivity index (χ0n) is 13.3. The summed E-state index contributed by atoms with van der Waals surface area (Å²) in [5.74, 6) is -0.664. The van der Waals surface area contributed by atoms with Crippen molar-refractivity contribution < 1.29 is 9.18 Å². The highest BCUT2D eigenvalue weighted by Crippen LogP contribution is 2.18. The fraction of sp³-hybridized carbons (Fsp3) is 0.0526. The quantitative estimate of drug-likeness (QED) is 0.498. The number of halogens is 1. The van der Waals surface area contributed by atoms with Gasteiger partial charge in [-0.3, -0.25) is 15.6 Å². The molecule has 0 fully saturated rings. The van der Waals surface area contributed by atoms with E-state index in [9.17, 15) is 9.18 Å². The summed E-state index contributed by atoms with van der Waals surface area (Å²) in [5, 5.41) is 4.91. The van der Waals surface area contributed by atoms with Crippen LogP contribution in [-0.4, -0.2) is 11.0 Å². The molecule has 1 amide bonds. The Labute approximate surface area is 150 Å². The highest BCUT2D eigenvalue weighted by atomic mass is 32.1. The number of hydrogen-bond acceptors (Lipinski definition) is 2. The van der Waals surface area contributed by atoms with Gasteiger partial charge in [-0.25, -0.2) is 4.39 Å². The Balaban J connectivity index is 1.57. The number of rotatable bonds is 3. The Morgan fingerprint density at radius 1 is 0.920 bits per heavy atom. The number of amides is 1. The molecule has 3 aromatic rings. The van der Waals surface area contributed by atoms with Crippen LogP contribution in [0.2, 0.25) is 0 Å². The van der Waals surface area contributed by atoms with E-state index in [0.29, 0.717) is 0 Å². The number of thiocarbonyl (C=S) groups is 1. The van der Waals surface area contributed by atoms with E-state index in [2.05, 4.69) is 16.2 Å². The Kier molecular flexibility index (Phi) is 5.20. The first-order valence-corrected chi connectivity index (χ1v) is 8.11. The predicted octanol–water partition coefficient (Wildman–Crippen LogP) is 3.54. The van der Waals surface area contributed by atoms with Gasteiger partial charge >= 0.3 is 0 Å². The molecule has 3 aromatic carbocycles. The molecule has 0 saturated carbocycles. The fourth-order valence-electron chi connectivity index (χ4n) is 2.51. The number of hydrazine groups is 1. The molecule has 0 heterocycles. The summed E-state index contributed by atoms with van der Waals surface area (Å²) in [6.07, 6.45) is 0.205. The van der Waals surface area contributed by atoms with E-state index in [1.54, 1.807) is 18.2 Å². The summed E-state index contributed by atoms with van der Waals surface area (Å²) in [4.78, 5) is 12.1. The Morgan fingerprint density at radius 2 is 1.64 bits per heavy atom. The number of benzene rings is 3. The molecule has 4 nitrogen and oxygen atoms in total. The molecule has 3 rings (SSSR count). The van der Waals surface area contributed by atoms with Gasteiger partial charge in [-0.15, -0.1) is 0 Å². The van der Waals surface area contributed by atoms with E-state index < -0.39 is 5.82 Å². The first-order chi connectivity index (χ1) is 12.1. The zero-order chi connectivity index (χ0) is 17.6. The average Bonchev–Trinajstić information content (AvgIpc) is 2.62. The highest BCUT2D eigenvalue weighted by Gasteiger charge is 2.08. The largest absolute Gasteiger partial charge is 0.329 e. The van der Waals surface area contributed by atoms with Crippen LogP contribution in [0.4, 0.5) is 10.1 Å². The lowest BCUT2D eigenvalue weighted by molar-refractivity contribution is -0.120. The predicted molar refractivity (Wildman–Crippen MR) is 102 cm³/mol. The van der Waals surface area contributed by atoms with Gasteiger partial charge < -0.3 is 5.32 Å². The third-order valence-electron chi connectivity index (χ3n) is 3.67. The maximum atomic E-state index is 13.5. The number of nitrogens with one attached hydrogen (secondary N) is 3. The number of hydrogen-bond donors (Lipinski definition) is 3. The molecule has 25 heavy (non-hydrogen) atoms. The molecule has 0 radical (unpaired) electrons. The molecule has 0 aliphatic heterocycles. The van der Waals surface area contributed by atoms with Gasteiger partial charge in [-0.1, -0.05) is 54.6 Å². The molecule has 0 aliphatic rings. The van der Waals surface area contributed by atoms with Gasteiger partial charge in [0, 0.05) is 0 Å². The summed E-state index contributed by atoms with van der Waals surface area (Å²) in [6, 6.07) is 19.9. The monoisotopic (exact) mass is 353 g/mol. The molecule has 0 spiro atoms. The Bertz CT molecular complexity index is 924. The lowest BCUT2D eigenvalue weighted by atomic mass is 10.0. The SMILES string of the molecule is O=C(Cc1cccc2ccccc12)NNC(=S)Nc1ccccc1F. The van der Waals surface area contributed by atoms with E-state index >= 15 is 0 Å². The van der Waals surface area contributed by atoms with E-state index in [1.165, 1.54) is 6.07 Å². The van der Waals surface area contributed by atoms with Crippen molar-refractivity contribution in [1.82, 2.24) is 10.9 Å². The molecular weight excluding hydrogens is 337 g/mol. The Hall–Kier alpha value is -2.99. The van der Waals surface area contributed by atoms with Crippen molar-refractivity contribution >= 4 is 39.7 Å². The van der Waals surface area contributed by atoms with Crippen LogP contribution in [0.1, 0.15) is 5.56 Å². The van der Waals surface area contributed by atoms with E-state index in [-0.39, 0.29) is 23.1 Å². The van der Waals surface area contributed by atoms with Crippen molar-refractivity contribution in [2.75, 3.05) is 5.32 Å². The summed E-state index contributed by atoms with van der Waals surface area (Å²) in [6.45, 7) is 0. The van der Waals surface area contributed by atoms with Crippen molar-refractivity contribution in [2.24, 2.45) is 0 Å². The van der Waals surface area contributed by atoms with E-state index in [1.807, 2.05) is 42.5 Å². The first-order valence-electron chi connectivity index (χ1n) is 7.70. The summed E-state index contributed by atoms with van der Waals surface area (Å²) < 4.78 is 13.5. The van der Waals surface area contributed by atoms with Crippen LogP contribution >= 0.6 is 12.2 Å². The molecule has 3 N–H and O–H groups in total. The van der Waals surface area contributed by atoms with E-state index in [4.69, 9.17) is 12.2 Å². The standard InChI is InChI=1S/C19H16FN3OS/c20-16-10-3-4-11-17(16)21-19(25)23-22-18(24)12-14-8-5-7-13-6-1-2-9-15(13)14/h1-11H,12H2,(H,22,24)(H2,21,23,25). The zero-order valence-corrected chi connectivity index (χ0v) is 14.1. The van der Waals surface area contributed by atoms with Crippen molar-refractivity contribution in [2.45, 2.75) is 6.42 Å². The second-order valence-electron chi connectivity index (χ2n) is 5.42. The lowest BCUT2D eigenvalue weighted by Gasteiger charge is -2.12. The molecule has 0 saturated heterocycles. The van der Waals surface area contributed by atoms with Gasteiger partial charge in [0.25, 0.3) is 0 Å². The van der Waals surface area contributed by atoms with Gasteiger partial charge in [-0.2, -0.15) is 0 Å². The number of fused-ring (bicyclic) bond motifs is 1. The smallest absolute Gasteiger partial charge is 0.242 e. The second kappa shape index (κ2) is 7.72. The second-order valence-corrected chi connectivity index (χ2v) is 5.83. The number of carbonyl (C=O) groups excluding carboxylic acids is 1. The normalized spacial score (nSPS) is 10.3. The van der Waals surface area contributed by atoms with Gasteiger partial charge in [0.1, 0.15) is 5.82 Å². The molecular formula is C19H16FN3OS. The minimum absolute atomic E-state index is 0.108. The molecule has 0 atom stereocenters. The third kappa shape index (κ3) is 4.30. The molecule has 126 valence electrons. The van der Waals surface area contributed by atoms with Crippen molar-refractivity contribution in [3.05, 3.63) is 78.1 Å². The number of anilines is 1. The van der Waals surface area contributed by atoms with Crippen LogP contribution in [-0.2, 0) is 11.2 Å². The molecule has 0 aromatic heterocycles. The molecule has 0 bridgehead atoms. The van der Waals surface area contributed by atoms with Crippen LogP contribution in [0.3, 0.4) is 0 Å². The summed E-state index contributed by atoms with van der Waals surface area (Å²) >= 11 is 5.05. The highest BCUT2D eigenvalue weighted by molar-refractivity contribution is 7.80. The minimum atomic E-state index is -0.422. The summed E-state index contributed by atoms with van der Waals surface area (Å²) in [5.41, 5.74) is 6.26. The molecule has 6 heteroatoms.